The number of aromatic nitrogens is 1. The maximum Gasteiger partial charge on any atom is 0.515 e. The summed E-state index contributed by atoms with van der Waals surface area (Å²) in [5, 5.41) is 0.994. The lowest BCUT2D eigenvalue weighted by molar-refractivity contribution is 0.0198. The van der Waals surface area contributed by atoms with Crippen molar-refractivity contribution in [1.29, 1.82) is 0 Å². The van der Waals surface area contributed by atoms with Gasteiger partial charge >= 0.3 is 6.16 Å². The van der Waals surface area contributed by atoms with Gasteiger partial charge in [-0.2, -0.15) is 0 Å². The number of ether oxygens (including phenoxy) is 2. The van der Waals surface area contributed by atoms with E-state index < -0.39 is 11.8 Å². The molecule has 0 aliphatic rings. The second-order valence-corrected chi connectivity index (χ2v) is 4.91. The number of benzene rings is 1. The first-order valence-corrected chi connectivity index (χ1v) is 5.71. The van der Waals surface area contributed by atoms with Gasteiger partial charge in [0.05, 0.1) is 5.52 Å². The van der Waals surface area contributed by atoms with E-state index in [0.29, 0.717) is 0 Å². The van der Waals surface area contributed by atoms with Crippen LogP contribution < -0.4 is 4.74 Å². The average Bonchev–Trinajstić information content (AvgIpc) is 2.26. The number of nitrogens with zero attached hydrogens (tertiary/aromatic N) is 1. The van der Waals surface area contributed by atoms with E-state index in [9.17, 15) is 4.79 Å². The normalized spacial score (nSPS) is 11.3. The highest BCUT2D eigenvalue weighted by Crippen LogP contribution is 2.17. The Morgan fingerprint density at radius 1 is 1.11 bits per heavy atom. The molecular weight excluding hydrogens is 230 g/mol. The Bertz CT molecular complexity index is 573. The van der Waals surface area contributed by atoms with Crippen molar-refractivity contribution in [2.45, 2.75) is 26.4 Å². The largest absolute Gasteiger partial charge is 0.515 e. The van der Waals surface area contributed by atoms with Gasteiger partial charge in [-0.1, -0.05) is 18.2 Å². The lowest BCUT2D eigenvalue weighted by atomic mass is 10.2. The Labute approximate surface area is 106 Å². The Kier molecular flexibility index (Phi) is 3.19. The average molecular weight is 245 g/mol. The fourth-order valence-electron chi connectivity index (χ4n) is 1.46. The lowest BCUT2D eigenvalue weighted by Crippen LogP contribution is -2.26. The van der Waals surface area contributed by atoms with Gasteiger partial charge in [-0.3, -0.25) is 0 Å². The number of pyridine rings is 1. The highest BCUT2D eigenvalue weighted by atomic mass is 16.7. The third kappa shape index (κ3) is 3.20. The molecule has 4 heteroatoms. The van der Waals surface area contributed by atoms with Crippen molar-refractivity contribution in [2.75, 3.05) is 0 Å². The first kappa shape index (κ1) is 12.4. The predicted molar refractivity (Wildman–Crippen MR) is 68.6 cm³/mol. The van der Waals surface area contributed by atoms with Crippen LogP contribution in [0.3, 0.4) is 0 Å². The third-order valence-electron chi connectivity index (χ3n) is 2.15. The molecule has 0 amide bonds. The van der Waals surface area contributed by atoms with Gasteiger partial charge in [0, 0.05) is 11.5 Å². The van der Waals surface area contributed by atoms with Crippen molar-refractivity contribution < 1.29 is 14.3 Å². The van der Waals surface area contributed by atoms with Crippen LogP contribution in [0.15, 0.2) is 36.4 Å². The molecule has 0 fully saturated rings. The maximum absolute atomic E-state index is 11.5. The van der Waals surface area contributed by atoms with Crippen molar-refractivity contribution >= 4 is 17.1 Å². The number of carbonyl (C=O) groups excluding carboxylic acids is 1. The summed E-state index contributed by atoms with van der Waals surface area (Å²) in [5.74, 6) is 0.239. The molecule has 0 saturated carbocycles. The summed E-state index contributed by atoms with van der Waals surface area (Å²) >= 11 is 0. The molecule has 2 aromatic rings. The maximum atomic E-state index is 11.5. The van der Waals surface area contributed by atoms with Gasteiger partial charge in [0.1, 0.15) is 5.60 Å². The molecule has 0 N–H and O–H groups in total. The van der Waals surface area contributed by atoms with E-state index in [1.165, 1.54) is 0 Å². The molecule has 1 aromatic carbocycles. The summed E-state index contributed by atoms with van der Waals surface area (Å²) in [7, 11) is 0. The Morgan fingerprint density at radius 3 is 2.56 bits per heavy atom. The summed E-state index contributed by atoms with van der Waals surface area (Å²) in [6.07, 6.45) is -0.745. The van der Waals surface area contributed by atoms with Crippen LogP contribution in [-0.4, -0.2) is 16.7 Å². The van der Waals surface area contributed by atoms with Crippen LogP contribution in [0.1, 0.15) is 20.8 Å². The van der Waals surface area contributed by atoms with Crippen LogP contribution >= 0.6 is 0 Å². The smallest absolute Gasteiger partial charge is 0.428 e. The predicted octanol–water partition coefficient (Wildman–Crippen LogP) is 3.55. The SMILES string of the molecule is CC(C)(C)OC(=O)Oc1ccc2ccccc2n1. The fourth-order valence-corrected chi connectivity index (χ4v) is 1.46. The summed E-state index contributed by atoms with van der Waals surface area (Å²) in [6, 6.07) is 11.1. The van der Waals surface area contributed by atoms with Crippen LogP contribution in [0.2, 0.25) is 0 Å². The van der Waals surface area contributed by atoms with Gasteiger partial charge in [-0.05, 0) is 32.9 Å². The highest BCUT2D eigenvalue weighted by molar-refractivity contribution is 5.79. The topological polar surface area (TPSA) is 48.4 Å². The van der Waals surface area contributed by atoms with E-state index in [0.717, 1.165) is 10.9 Å². The fraction of sp³-hybridized carbons (Fsp3) is 0.286. The van der Waals surface area contributed by atoms with E-state index in [4.69, 9.17) is 9.47 Å². The molecule has 2 rings (SSSR count). The Morgan fingerprint density at radius 2 is 1.83 bits per heavy atom. The second kappa shape index (κ2) is 4.64. The van der Waals surface area contributed by atoms with E-state index in [1.807, 2.05) is 30.3 Å². The summed E-state index contributed by atoms with van der Waals surface area (Å²) in [4.78, 5) is 15.7. The third-order valence-corrected chi connectivity index (χ3v) is 2.15. The van der Waals surface area contributed by atoms with Crippen LogP contribution in [0, 0.1) is 0 Å². The molecule has 0 spiro atoms. The van der Waals surface area contributed by atoms with Gasteiger partial charge in [-0.25, -0.2) is 9.78 Å². The number of fused-ring (bicyclic) bond motifs is 1. The molecule has 0 saturated heterocycles. The number of rotatable bonds is 1. The van der Waals surface area contributed by atoms with Gasteiger partial charge in [0.15, 0.2) is 0 Å². The monoisotopic (exact) mass is 245 g/mol. The quantitative estimate of drug-likeness (QED) is 0.721. The molecule has 0 unspecified atom stereocenters. The minimum Gasteiger partial charge on any atom is -0.428 e. The lowest BCUT2D eigenvalue weighted by Gasteiger charge is -2.18. The molecular formula is C14H15NO3. The molecule has 0 aliphatic heterocycles. The molecule has 0 atom stereocenters. The molecule has 0 aliphatic carbocycles. The van der Waals surface area contributed by atoms with Gasteiger partial charge in [0.25, 0.3) is 0 Å². The zero-order valence-electron chi connectivity index (χ0n) is 10.6. The molecule has 18 heavy (non-hydrogen) atoms. The molecule has 1 aromatic heterocycles. The van der Waals surface area contributed by atoms with Crippen LogP contribution in [0.4, 0.5) is 4.79 Å². The van der Waals surface area contributed by atoms with Crippen LogP contribution in [0.5, 0.6) is 5.88 Å². The standard InChI is InChI=1S/C14H15NO3/c1-14(2,3)18-13(16)17-12-9-8-10-6-4-5-7-11(10)15-12/h4-9H,1-3H3. The number of carbonyl (C=O) groups is 1. The molecule has 0 radical (unpaired) electrons. The van der Waals surface area contributed by atoms with Crippen molar-refractivity contribution in [3.8, 4) is 5.88 Å². The summed E-state index contributed by atoms with van der Waals surface area (Å²) < 4.78 is 10.1. The summed E-state index contributed by atoms with van der Waals surface area (Å²) in [5.41, 5.74) is 0.201. The summed E-state index contributed by atoms with van der Waals surface area (Å²) in [6.45, 7) is 5.34. The van der Waals surface area contributed by atoms with Crippen LogP contribution in [-0.2, 0) is 4.74 Å². The van der Waals surface area contributed by atoms with E-state index in [1.54, 1.807) is 26.8 Å². The molecule has 0 bridgehead atoms. The molecule has 1 heterocycles. The first-order chi connectivity index (χ1) is 8.44. The van der Waals surface area contributed by atoms with E-state index in [2.05, 4.69) is 4.98 Å². The number of hydrogen-bond acceptors (Lipinski definition) is 4. The zero-order chi connectivity index (χ0) is 13.2. The highest BCUT2D eigenvalue weighted by Gasteiger charge is 2.18. The Balaban J connectivity index is 2.15. The van der Waals surface area contributed by atoms with Crippen molar-refractivity contribution in [3.05, 3.63) is 36.4 Å². The van der Waals surface area contributed by atoms with Crippen LogP contribution in [0.25, 0.3) is 10.9 Å². The molecule has 94 valence electrons. The van der Waals surface area contributed by atoms with Crippen molar-refractivity contribution in [1.82, 2.24) is 4.98 Å². The van der Waals surface area contributed by atoms with E-state index in [-0.39, 0.29) is 5.88 Å². The molecule has 4 nitrogen and oxygen atoms in total. The van der Waals surface area contributed by atoms with E-state index >= 15 is 0 Å². The number of para-hydroxylation sites is 1. The van der Waals surface area contributed by atoms with Gasteiger partial charge < -0.3 is 9.47 Å². The first-order valence-electron chi connectivity index (χ1n) is 5.71. The number of hydrogen-bond donors (Lipinski definition) is 0. The zero-order valence-corrected chi connectivity index (χ0v) is 10.6. The van der Waals surface area contributed by atoms with Crippen molar-refractivity contribution in [2.24, 2.45) is 0 Å². The minimum atomic E-state index is -0.745. The second-order valence-electron chi connectivity index (χ2n) is 4.91. The van der Waals surface area contributed by atoms with Crippen molar-refractivity contribution in [3.63, 3.8) is 0 Å². The minimum absolute atomic E-state index is 0.239. The van der Waals surface area contributed by atoms with Gasteiger partial charge in [-0.15, -0.1) is 0 Å². The van der Waals surface area contributed by atoms with Gasteiger partial charge in [0.2, 0.25) is 5.88 Å². The Hall–Kier alpha value is -2.10.